The Bertz CT molecular complexity index is 955. The summed E-state index contributed by atoms with van der Waals surface area (Å²) in [7, 11) is 0. The number of hydrogen-bond acceptors (Lipinski definition) is 7. The van der Waals surface area contributed by atoms with Gasteiger partial charge in [0, 0.05) is 51.7 Å². The van der Waals surface area contributed by atoms with Crippen molar-refractivity contribution in [3.63, 3.8) is 0 Å². The number of amides is 3. The zero-order valence-corrected chi connectivity index (χ0v) is 16.1. The maximum absolute atomic E-state index is 12.9. The minimum atomic E-state index is -1.06. The highest BCUT2D eigenvalue weighted by atomic mass is 16.6. The molecule has 0 N–H and O–H groups in total. The maximum atomic E-state index is 12.9. The molecule has 2 aliphatic rings. The number of carbonyl (C=O) groups excluding carboxylic acids is 3. The Morgan fingerprint density at radius 1 is 1.03 bits per heavy atom. The van der Waals surface area contributed by atoms with Gasteiger partial charge in [0.1, 0.15) is 11.5 Å². The summed E-state index contributed by atoms with van der Waals surface area (Å²) in [5.74, 6) is -0.108. The number of rotatable bonds is 2. The SMILES string of the molecule is CC(=O)N1CCN(C(=O)OC2c3nccnc3C(=O)N2c2ccc(C)cn2)CC1. The van der Waals surface area contributed by atoms with E-state index in [0.717, 1.165) is 5.56 Å². The van der Waals surface area contributed by atoms with Crippen LogP contribution >= 0.6 is 0 Å². The topological polar surface area (TPSA) is 109 Å². The largest absolute Gasteiger partial charge is 0.419 e. The number of hydrogen-bond donors (Lipinski definition) is 0. The van der Waals surface area contributed by atoms with Crippen molar-refractivity contribution >= 4 is 23.7 Å². The predicted molar refractivity (Wildman–Crippen MR) is 101 cm³/mol. The summed E-state index contributed by atoms with van der Waals surface area (Å²) >= 11 is 0. The first-order valence-corrected chi connectivity index (χ1v) is 9.24. The van der Waals surface area contributed by atoms with Gasteiger partial charge in [-0.3, -0.25) is 14.6 Å². The van der Waals surface area contributed by atoms with Gasteiger partial charge >= 0.3 is 6.09 Å². The summed E-state index contributed by atoms with van der Waals surface area (Å²) in [5, 5.41) is 0. The van der Waals surface area contributed by atoms with E-state index in [-0.39, 0.29) is 17.3 Å². The van der Waals surface area contributed by atoms with Crippen LogP contribution in [0.2, 0.25) is 0 Å². The number of fused-ring (bicyclic) bond motifs is 1. The monoisotopic (exact) mass is 396 g/mol. The van der Waals surface area contributed by atoms with Crippen LogP contribution in [0.15, 0.2) is 30.7 Å². The van der Waals surface area contributed by atoms with Crippen molar-refractivity contribution in [2.45, 2.75) is 20.1 Å². The fourth-order valence-corrected chi connectivity index (χ4v) is 3.35. The first kappa shape index (κ1) is 18.8. The fourth-order valence-electron chi connectivity index (χ4n) is 3.35. The number of ether oxygens (including phenoxy) is 1. The molecule has 0 aromatic carbocycles. The number of pyridine rings is 1. The lowest BCUT2D eigenvalue weighted by atomic mass is 10.3. The summed E-state index contributed by atoms with van der Waals surface area (Å²) in [4.78, 5) is 54.2. The lowest BCUT2D eigenvalue weighted by Crippen LogP contribution is -2.50. The average Bonchev–Trinajstić information content (AvgIpc) is 3.01. The van der Waals surface area contributed by atoms with Gasteiger partial charge in [0.15, 0.2) is 5.69 Å². The van der Waals surface area contributed by atoms with Gasteiger partial charge in [-0.2, -0.15) is 0 Å². The van der Waals surface area contributed by atoms with Gasteiger partial charge < -0.3 is 14.5 Å². The molecule has 4 heterocycles. The van der Waals surface area contributed by atoms with Crippen LogP contribution in [-0.2, 0) is 9.53 Å². The minimum absolute atomic E-state index is 0.0276. The molecule has 0 spiro atoms. The second kappa shape index (κ2) is 7.46. The third-order valence-electron chi connectivity index (χ3n) is 4.95. The van der Waals surface area contributed by atoms with Crippen LogP contribution in [0.1, 0.15) is 34.9 Å². The Labute approximate surface area is 167 Å². The number of piperazine rings is 1. The van der Waals surface area contributed by atoms with Crippen LogP contribution < -0.4 is 4.90 Å². The van der Waals surface area contributed by atoms with Crippen LogP contribution in [0.25, 0.3) is 0 Å². The maximum Gasteiger partial charge on any atom is 0.412 e. The van der Waals surface area contributed by atoms with Crippen LogP contribution in [0.4, 0.5) is 10.6 Å². The molecule has 1 atom stereocenters. The van der Waals surface area contributed by atoms with Crippen molar-refractivity contribution in [1.82, 2.24) is 24.8 Å². The van der Waals surface area contributed by atoms with E-state index in [1.54, 1.807) is 17.2 Å². The molecule has 0 radical (unpaired) electrons. The summed E-state index contributed by atoms with van der Waals surface area (Å²) in [6.07, 6.45) is 2.86. The third-order valence-corrected chi connectivity index (χ3v) is 4.95. The number of nitrogens with zero attached hydrogens (tertiary/aromatic N) is 6. The molecule has 1 saturated heterocycles. The molecule has 29 heavy (non-hydrogen) atoms. The lowest BCUT2D eigenvalue weighted by Gasteiger charge is -2.34. The van der Waals surface area contributed by atoms with E-state index in [1.165, 1.54) is 29.1 Å². The summed E-state index contributed by atoms with van der Waals surface area (Å²) in [5.41, 5.74) is 1.34. The van der Waals surface area contributed by atoms with E-state index in [2.05, 4.69) is 15.0 Å². The molecule has 10 nitrogen and oxygen atoms in total. The van der Waals surface area contributed by atoms with Gasteiger partial charge in [0.25, 0.3) is 5.91 Å². The van der Waals surface area contributed by atoms with Crippen molar-refractivity contribution in [3.8, 4) is 0 Å². The van der Waals surface area contributed by atoms with Crippen molar-refractivity contribution in [3.05, 3.63) is 47.7 Å². The molecular weight excluding hydrogens is 376 g/mol. The highest BCUT2D eigenvalue weighted by Gasteiger charge is 2.44. The van der Waals surface area contributed by atoms with Crippen LogP contribution in [-0.4, -0.2) is 68.8 Å². The van der Waals surface area contributed by atoms with Gasteiger partial charge in [-0.25, -0.2) is 19.7 Å². The van der Waals surface area contributed by atoms with Crippen molar-refractivity contribution in [2.24, 2.45) is 0 Å². The summed E-state index contributed by atoms with van der Waals surface area (Å²) < 4.78 is 5.69. The second-order valence-electron chi connectivity index (χ2n) is 6.89. The molecule has 0 aliphatic carbocycles. The van der Waals surface area contributed by atoms with E-state index < -0.39 is 18.2 Å². The molecular formula is C19H20N6O4. The molecule has 1 fully saturated rings. The Kier molecular flexibility index (Phi) is 4.83. The average molecular weight is 396 g/mol. The Morgan fingerprint density at radius 2 is 1.72 bits per heavy atom. The van der Waals surface area contributed by atoms with Gasteiger partial charge in [0.2, 0.25) is 12.1 Å². The van der Waals surface area contributed by atoms with E-state index in [4.69, 9.17) is 4.74 Å². The van der Waals surface area contributed by atoms with E-state index >= 15 is 0 Å². The van der Waals surface area contributed by atoms with Gasteiger partial charge in [-0.05, 0) is 18.6 Å². The summed E-state index contributed by atoms with van der Waals surface area (Å²) in [6, 6.07) is 3.50. The van der Waals surface area contributed by atoms with Gasteiger partial charge in [-0.1, -0.05) is 6.07 Å². The second-order valence-corrected chi connectivity index (χ2v) is 6.89. The van der Waals surface area contributed by atoms with Crippen LogP contribution in [0.3, 0.4) is 0 Å². The molecule has 0 bridgehead atoms. The van der Waals surface area contributed by atoms with Crippen LogP contribution in [0, 0.1) is 6.92 Å². The first-order valence-electron chi connectivity index (χ1n) is 9.24. The number of aromatic nitrogens is 3. The lowest BCUT2D eigenvalue weighted by molar-refractivity contribution is -0.130. The van der Waals surface area contributed by atoms with E-state index in [9.17, 15) is 14.4 Å². The highest BCUT2D eigenvalue weighted by Crippen LogP contribution is 2.35. The number of anilines is 1. The quantitative estimate of drug-likeness (QED) is 0.749. The van der Waals surface area contributed by atoms with E-state index in [1.807, 2.05) is 13.0 Å². The Hall–Kier alpha value is -3.56. The smallest absolute Gasteiger partial charge is 0.412 e. The molecule has 2 aliphatic heterocycles. The highest BCUT2D eigenvalue weighted by molar-refractivity contribution is 6.08. The molecule has 3 amide bonds. The van der Waals surface area contributed by atoms with Crippen molar-refractivity contribution in [2.75, 3.05) is 31.1 Å². The number of aryl methyl sites for hydroxylation is 1. The first-order chi connectivity index (χ1) is 14.0. The van der Waals surface area contributed by atoms with Gasteiger partial charge in [-0.15, -0.1) is 0 Å². The Balaban J connectivity index is 1.58. The Morgan fingerprint density at radius 3 is 2.38 bits per heavy atom. The zero-order valence-electron chi connectivity index (χ0n) is 16.1. The van der Waals surface area contributed by atoms with Gasteiger partial charge in [0.05, 0.1) is 0 Å². The normalized spacial score (nSPS) is 18.6. The molecule has 1 unspecified atom stereocenters. The third kappa shape index (κ3) is 3.48. The standard InChI is InChI=1S/C19H20N6O4/c1-12-3-4-14(22-11-12)25-17(27)15-16(21-6-5-20-15)18(25)29-19(28)24-9-7-23(8-10-24)13(2)26/h3-6,11,18H,7-10H2,1-2H3. The molecule has 4 rings (SSSR count). The zero-order chi connectivity index (χ0) is 20.5. The van der Waals surface area contributed by atoms with Crippen molar-refractivity contribution < 1.29 is 19.1 Å². The fraction of sp³-hybridized carbons (Fsp3) is 0.368. The molecule has 10 heteroatoms. The van der Waals surface area contributed by atoms with Crippen LogP contribution in [0.5, 0.6) is 0 Å². The predicted octanol–water partition coefficient (Wildman–Crippen LogP) is 1.14. The van der Waals surface area contributed by atoms with E-state index in [0.29, 0.717) is 32.0 Å². The number of carbonyl (C=O) groups is 3. The molecule has 2 aromatic heterocycles. The molecule has 2 aromatic rings. The van der Waals surface area contributed by atoms with Crippen molar-refractivity contribution in [1.29, 1.82) is 0 Å². The summed E-state index contributed by atoms with van der Waals surface area (Å²) in [6.45, 7) is 4.98. The molecule has 150 valence electrons. The molecule has 0 saturated carbocycles. The minimum Gasteiger partial charge on any atom is -0.419 e.